The minimum absolute atomic E-state index is 0.189. The fourth-order valence-electron chi connectivity index (χ4n) is 5.83. The van der Waals surface area contributed by atoms with Gasteiger partial charge < -0.3 is 24.8 Å². The lowest BCUT2D eigenvalue weighted by Gasteiger charge is -2.35. The number of fused-ring (bicyclic) bond motifs is 1. The van der Waals surface area contributed by atoms with Crippen molar-refractivity contribution >= 4 is 12.9 Å². The van der Waals surface area contributed by atoms with Crippen molar-refractivity contribution in [3.63, 3.8) is 0 Å². The predicted octanol–water partition coefficient (Wildman–Crippen LogP) is 2.08. The van der Waals surface area contributed by atoms with Gasteiger partial charge in [0.25, 0.3) is 12.9 Å². The molecule has 11 heteroatoms. The zero-order valence-corrected chi connectivity index (χ0v) is 22.2. The molecule has 1 aromatic heterocycles. The van der Waals surface area contributed by atoms with E-state index in [4.69, 9.17) is 29.3 Å². The number of carbonyl (C=O) groups is 2. The van der Waals surface area contributed by atoms with E-state index in [2.05, 4.69) is 33.2 Å². The van der Waals surface area contributed by atoms with E-state index in [1.54, 1.807) is 7.11 Å². The molecule has 1 aliphatic carbocycles. The molecule has 38 heavy (non-hydrogen) atoms. The van der Waals surface area contributed by atoms with Crippen LogP contribution in [0.4, 0.5) is 0 Å². The number of ether oxygens (including phenoxy) is 2. The second-order valence-corrected chi connectivity index (χ2v) is 10.1. The van der Waals surface area contributed by atoms with E-state index in [1.165, 1.54) is 37.1 Å². The summed E-state index contributed by atoms with van der Waals surface area (Å²) < 4.78 is 13.9. The number of carboxylic acid groups (broad SMARTS) is 2. The smallest absolute Gasteiger partial charge is 0.290 e. The fraction of sp³-hybridized carbons (Fsp3) is 0.593. The molecule has 4 atom stereocenters. The Morgan fingerprint density at radius 1 is 0.974 bits per heavy atom. The summed E-state index contributed by atoms with van der Waals surface area (Å²) in [6, 6.07) is 6.24. The maximum Gasteiger partial charge on any atom is 0.290 e. The van der Waals surface area contributed by atoms with Crippen LogP contribution in [-0.2, 0) is 29.7 Å². The molecule has 3 N–H and O–H groups in total. The number of hydrogen-bond acceptors (Lipinski definition) is 8. The first-order valence-electron chi connectivity index (χ1n) is 13.0. The molecule has 210 valence electrons. The number of aryl methyl sites for hydroxylation is 1. The van der Waals surface area contributed by atoms with Gasteiger partial charge in [-0.15, -0.1) is 0 Å². The molecule has 0 bridgehead atoms. The van der Waals surface area contributed by atoms with Crippen LogP contribution in [0.15, 0.2) is 30.6 Å². The molecule has 3 fully saturated rings. The highest BCUT2D eigenvalue weighted by Gasteiger charge is 2.42. The summed E-state index contributed by atoms with van der Waals surface area (Å²) in [5, 5.41) is 29.0. The lowest BCUT2D eigenvalue weighted by atomic mass is 9.78. The summed E-state index contributed by atoms with van der Waals surface area (Å²) in [5.41, 5.74) is 2.49. The molecule has 0 amide bonds. The molecule has 1 aromatic carbocycles. The lowest BCUT2D eigenvalue weighted by molar-refractivity contribution is -0.123. The average molecular weight is 533 g/mol. The van der Waals surface area contributed by atoms with Gasteiger partial charge in [-0.1, -0.05) is 6.07 Å². The number of aliphatic hydroxyl groups is 1. The molecule has 3 heterocycles. The third kappa shape index (κ3) is 8.17. The van der Waals surface area contributed by atoms with Crippen LogP contribution in [0.2, 0.25) is 0 Å². The number of aliphatic hydroxyl groups excluding tert-OH is 1. The van der Waals surface area contributed by atoms with Crippen molar-refractivity contribution in [3.05, 3.63) is 41.7 Å². The summed E-state index contributed by atoms with van der Waals surface area (Å²) >= 11 is 0. The quantitative estimate of drug-likeness (QED) is 0.455. The Morgan fingerprint density at radius 2 is 1.61 bits per heavy atom. The number of nitrogens with zero attached hydrogens (tertiary/aromatic N) is 4. The number of benzene rings is 1. The Balaban J connectivity index is 0.000000611. The van der Waals surface area contributed by atoms with Crippen LogP contribution in [0, 0.1) is 11.8 Å². The van der Waals surface area contributed by atoms with Crippen LogP contribution >= 0.6 is 0 Å². The van der Waals surface area contributed by atoms with E-state index < -0.39 is 6.10 Å². The van der Waals surface area contributed by atoms with Gasteiger partial charge in [-0.25, -0.2) is 0 Å². The molecule has 11 nitrogen and oxygen atoms in total. The summed E-state index contributed by atoms with van der Waals surface area (Å²) in [5.74, 6) is 2.59. The van der Waals surface area contributed by atoms with Gasteiger partial charge in [-0.3, -0.25) is 24.1 Å². The number of rotatable bonds is 7. The predicted molar refractivity (Wildman–Crippen MR) is 140 cm³/mol. The fourth-order valence-corrected chi connectivity index (χ4v) is 5.83. The second-order valence-electron chi connectivity index (χ2n) is 10.1. The average Bonchev–Trinajstić information content (AvgIpc) is 3.63. The van der Waals surface area contributed by atoms with E-state index in [1.807, 2.05) is 24.0 Å². The van der Waals surface area contributed by atoms with Crippen LogP contribution in [0.25, 0.3) is 0 Å². The Kier molecular flexibility index (Phi) is 11.4. The van der Waals surface area contributed by atoms with Gasteiger partial charge in [0.15, 0.2) is 11.5 Å². The Hall–Kier alpha value is -3.15. The number of hydrogen-bond donors (Lipinski definition) is 3. The maximum atomic E-state index is 10.9. The van der Waals surface area contributed by atoms with Crippen molar-refractivity contribution in [2.24, 2.45) is 18.9 Å². The zero-order valence-electron chi connectivity index (χ0n) is 22.2. The topological polar surface area (TPSA) is 138 Å². The van der Waals surface area contributed by atoms with E-state index in [0.29, 0.717) is 11.8 Å². The van der Waals surface area contributed by atoms with Crippen molar-refractivity contribution in [1.82, 2.24) is 19.6 Å². The lowest BCUT2D eigenvalue weighted by Crippen LogP contribution is -2.42. The number of methoxy groups -OCH3 is 1. The molecular formula is C27H40N4O7. The highest BCUT2D eigenvalue weighted by Crippen LogP contribution is 2.40. The first kappa shape index (κ1) is 29.4. The summed E-state index contributed by atoms with van der Waals surface area (Å²) in [4.78, 5) is 21.7. The SMILES string of the molecule is COc1ccc(CN2CCCC2)cc1O[C@@H]1C[C@@H]2CN(Cc3cnn(C)c3)C[C@@H]2C[C@H]1O.O=CO.O=CO. The molecular weight excluding hydrogens is 492 g/mol. The molecule has 2 aromatic rings. The minimum Gasteiger partial charge on any atom is -0.493 e. The van der Waals surface area contributed by atoms with Crippen molar-refractivity contribution in [1.29, 1.82) is 0 Å². The number of aromatic nitrogens is 2. The Bertz CT molecular complexity index is 1010. The minimum atomic E-state index is -0.443. The first-order chi connectivity index (χ1) is 18.4. The van der Waals surface area contributed by atoms with E-state index in [9.17, 15) is 5.11 Å². The van der Waals surface area contributed by atoms with Gasteiger partial charge in [-0.2, -0.15) is 5.10 Å². The van der Waals surface area contributed by atoms with Crippen molar-refractivity contribution < 1.29 is 34.4 Å². The van der Waals surface area contributed by atoms with Gasteiger partial charge in [0, 0.05) is 45.0 Å². The third-order valence-corrected chi connectivity index (χ3v) is 7.44. The van der Waals surface area contributed by atoms with Gasteiger partial charge in [0.2, 0.25) is 0 Å². The van der Waals surface area contributed by atoms with Gasteiger partial charge in [0.05, 0.1) is 19.4 Å². The van der Waals surface area contributed by atoms with Crippen molar-refractivity contribution in [2.75, 3.05) is 33.3 Å². The molecule has 5 rings (SSSR count). The molecule has 3 aliphatic rings. The molecule has 1 saturated carbocycles. The Labute approximate surface area is 223 Å². The highest BCUT2D eigenvalue weighted by atomic mass is 16.5. The number of likely N-dealkylation sites (tertiary alicyclic amines) is 2. The van der Waals surface area contributed by atoms with Crippen molar-refractivity contribution in [2.45, 2.75) is 51.0 Å². The van der Waals surface area contributed by atoms with E-state index >= 15 is 0 Å². The summed E-state index contributed by atoms with van der Waals surface area (Å²) in [7, 11) is 3.64. The van der Waals surface area contributed by atoms with Crippen LogP contribution in [0.3, 0.4) is 0 Å². The first-order valence-corrected chi connectivity index (χ1v) is 13.0. The van der Waals surface area contributed by atoms with Gasteiger partial charge in [-0.05, 0) is 68.3 Å². The monoisotopic (exact) mass is 532 g/mol. The molecule has 0 radical (unpaired) electrons. The zero-order chi connectivity index (χ0) is 27.5. The van der Waals surface area contributed by atoms with E-state index in [0.717, 1.165) is 50.5 Å². The van der Waals surface area contributed by atoms with E-state index in [-0.39, 0.29) is 19.0 Å². The third-order valence-electron chi connectivity index (χ3n) is 7.44. The van der Waals surface area contributed by atoms with Gasteiger partial charge in [0.1, 0.15) is 6.10 Å². The summed E-state index contributed by atoms with van der Waals surface area (Å²) in [6.07, 6.45) is 7.66. The maximum absolute atomic E-state index is 10.9. The molecule has 2 aliphatic heterocycles. The normalized spacial score (nSPS) is 24.8. The molecule has 2 saturated heterocycles. The largest absolute Gasteiger partial charge is 0.493 e. The summed E-state index contributed by atoms with van der Waals surface area (Å²) in [6.45, 7) is 5.80. The van der Waals surface area contributed by atoms with Crippen LogP contribution in [0.5, 0.6) is 11.5 Å². The molecule has 0 spiro atoms. The standard InChI is InChI=1S/C25H36N4O3.2CH2O2/c1-27-13-19(12-26-27)15-29-16-20-10-22(30)24(11-21(20)17-29)32-25-9-18(5-6-23(25)31-2)14-28-7-3-4-8-28;2*2-1-3/h5-6,9,12-13,20-22,24,30H,3-4,7-8,10-11,14-17H2,1-2H3;2*1H,(H,2,3)/t20-,21+,22+,24+;;/m0../s1. The molecule has 0 unspecified atom stereocenters. The second kappa shape index (κ2) is 14.7. The Morgan fingerprint density at radius 3 is 2.21 bits per heavy atom. The van der Waals surface area contributed by atoms with Crippen LogP contribution in [0.1, 0.15) is 36.8 Å². The van der Waals surface area contributed by atoms with Gasteiger partial charge >= 0.3 is 0 Å². The van der Waals surface area contributed by atoms with Crippen LogP contribution in [-0.4, -0.2) is 93.3 Å². The highest BCUT2D eigenvalue weighted by molar-refractivity contribution is 5.43. The van der Waals surface area contributed by atoms with Crippen molar-refractivity contribution in [3.8, 4) is 11.5 Å². The van der Waals surface area contributed by atoms with Crippen LogP contribution < -0.4 is 9.47 Å².